The molecule has 1 heterocycles. The lowest BCUT2D eigenvalue weighted by atomic mass is 10.0. The first-order valence-electron chi connectivity index (χ1n) is 10.4. The van der Waals surface area contributed by atoms with Crippen LogP contribution >= 0.6 is 0 Å². The van der Waals surface area contributed by atoms with E-state index in [4.69, 9.17) is 4.74 Å². The van der Waals surface area contributed by atoms with Crippen molar-refractivity contribution < 1.29 is 22.7 Å². The molecule has 1 unspecified atom stereocenters. The number of benzene rings is 3. The molecule has 0 saturated carbocycles. The SMILES string of the molecule is CC(=O)N1c2ccc(-c3ccc(S(C)(=O)=O)cc3)cc2N(C(=O)Oc2ccccc2)CC1C. The van der Waals surface area contributed by atoms with Crippen molar-refractivity contribution in [2.24, 2.45) is 0 Å². The summed E-state index contributed by atoms with van der Waals surface area (Å²) in [5.41, 5.74) is 2.73. The topological polar surface area (TPSA) is 84.0 Å². The highest BCUT2D eigenvalue weighted by Crippen LogP contribution is 2.39. The van der Waals surface area contributed by atoms with Crippen LogP contribution in [0.3, 0.4) is 0 Å². The minimum atomic E-state index is -3.30. The Morgan fingerprint density at radius 3 is 2.15 bits per heavy atom. The molecule has 33 heavy (non-hydrogen) atoms. The summed E-state index contributed by atoms with van der Waals surface area (Å²) >= 11 is 0. The third-order valence-electron chi connectivity index (χ3n) is 5.54. The van der Waals surface area contributed by atoms with E-state index in [0.29, 0.717) is 17.1 Å². The molecule has 0 aromatic heterocycles. The van der Waals surface area contributed by atoms with Gasteiger partial charge in [-0.1, -0.05) is 36.4 Å². The number of hydrogen-bond acceptors (Lipinski definition) is 5. The maximum atomic E-state index is 13.1. The number of nitrogens with zero attached hydrogens (tertiary/aromatic N) is 2. The monoisotopic (exact) mass is 464 g/mol. The predicted octanol–water partition coefficient (Wildman–Crippen LogP) is 4.52. The lowest BCUT2D eigenvalue weighted by molar-refractivity contribution is -0.117. The Morgan fingerprint density at radius 1 is 0.909 bits per heavy atom. The minimum absolute atomic E-state index is 0.120. The molecule has 0 radical (unpaired) electrons. The number of rotatable bonds is 3. The van der Waals surface area contributed by atoms with Gasteiger partial charge in [0.25, 0.3) is 0 Å². The van der Waals surface area contributed by atoms with Gasteiger partial charge in [0.2, 0.25) is 5.91 Å². The van der Waals surface area contributed by atoms with Crippen LogP contribution in [0.2, 0.25) is 0 Å². The molecule has 0 bridgehead atoms. The molecule has 0 fully saturated rings. The lowest BCUT2D eigenvalue weighted by Crippen LogP contribution is -2.52. The predicted molar refractivity (Wildman–Crippen MR) is 127 cm³/mol. The molecule has 7 nitrogen and oxygen atoms in total. The van der Waals surface area contributed by atoms with Crippen LogP contribution in [0.5, 0.6) is 5.75 Å². The molecule has 3 aromatic rings. The van der Waals surface area contributed by atoms with Gasteiger partial charge in [0.1, 0.15) is 5.75 Å². The van der Waals surface area contributed by atoms with Gasteiger partial charge in [-0.3, -0.25) is 9.69 Å². The van der Waals surface area contributed by atoms with E-state index in [-0.39, 0.29) is 23.4 Å². The molecule has 0 saturated heterocycles. The van der Waals surface area contributed by atoms with Crippen LogP contribution in [0.15, 0.2) is 77.7 Å². The highest BCUT2D eigenvalue weighted by molar-refractivity contribution is 7.90. The third-order valence-corrected chi connectivity index (χ3v) is 6.67. The Hall–Kier alpha value is -3.65. The summed E-state index contributed by atoms with van der Waals surface area (Å²) in [6.45, 7) is 3.65. The zero-order chi connectivity index (χ0) is 23.8. The summed E-state index contributed by atoms with van der Waals surface area (Å²) in [5.74, 6) is 0.309. The average molecular weight is 465 g/mol. The Labute approximate surface area is 193 Å². The second-order valence-electron chi connectivity index (χ2n) is 8.03. The number of anilines is 2. The molecule has 8 heteroatoms. The standard InChI is InChI=1S/C25H24N2O5S/c1-17-16-26(25(29)32-21-7-5-4-6-8-21)24-15-20(11-14-23(24)27(17)18(2)28)19-9-12-22(13-10-19)33(3,30)31/h4-15,17H,16H2,1-3H3. The van der Waals surface area contributed by atoms with Crippen LogP contribution < -0.4 is 14.5 Å². The Bertz CT molecular complexity index is 1300. The van der Waals surface area contributed by atoms with Crippen molar-refractivity contribution in [3.63, 3.8) is 0 Å². The number of ether oxygens (including phenoxy) is 1. The fourth-order valence-electron chi connectivity index (χ4n) is 4.00. The molecular weight excluding hydrogens is 440 g/mol. The van der Waals surface area contributed by atoms with E-state index in [0.717, 1.165) is 17.4 Å². The highest BCUT2D eigenvalue weighted by atomic mass is 32.2. The van der Waals surface area contributed by atoms with Crippen molar-refractivity contribution in [3.05, 3.63) is 72.8 Å². The van der Waals surface area contributed by atoms with Gasteiger partial charge < -0.3 is 9.64 Å². The second kappa shape index (κ2) is 8.71. The number of hydrogen-bond donors (Lipinski definition) is 0. The van der Waals surface area contributed by atoms with Crippen LogP contribution in [0.25, 0.3) is 11.1 Å². The van der Waals surface area contributed by atoms with E-state index in [1.54, 1.807) is 59.5 Å². The Morgan fingerprint density at radius 2 is 1.55 bits per heavy atom. The Kier molecular flexibility index (Phi) is 5.95. The van der Waals surface area contributed by atoms with E-state index in [1.807, 2.05) is 25.1 Å². The molecule has 3 aromatic carbocycles. The van der Waals surface area contributed by atoms with Crippen molar-refractivity contribution in [2.75, 3.05) is 22.6 Å². The second-order valence-corrected chi connectivity index (χ2v) is 10.0. The molecule has 1 aliphatic heterocycles. The van der Waals surface area contributed by atoms with Gasteiger partial charge in [-0.25, -0.2) is 13.2 Å². The van der Waals surface area contributed by atoms with Gasteiger partial charge in [-0.2, -0.15) is 0 Å². The Balaban J connectivity index is 1.75. The van der Waals surface area contributed by atoms with Crippen LogP contribution in [0, 0.1) is 0 Å². The number of carbonyl (C=O) groups is 2. The first-order valence-corrected chi connectivity index (χ1v) is 12.3. The third kappa shape index (κ3) is 4.61. The molecule has 1 atom stereocenters. The summed E-state index contributed by atoms with van der Waals surface area (Å²) in [5, 5.41) is 0. The first kappa shape index (κ1) is 22.5. The largest absolute Gasteiger partial charge is 0.419 e. The van der Waals surface area contributed by atoms with E-state index < -0.39 is 15.9 Å². The van der Waals surface area contributed by atoms with E-state index in [9.17, 15) is 18.0 Å². The quantitative estimate of drug-likeness (QED) is 0.569. The zero-order valence-electron chi connectivity index (χ0n) is 18.6. The highest BCUT2D eigenvalue weighted by Gasteiger charge is 2.34. The number of fused-ring (bicyclic) bond motifs is 1. The van der Waals surface area contributed by atoms with Gasteiger partial charge in [-0.15, -0.1) is 0 Å². The summed E-state index contributed by atoms with van der Waals surface area (Å²) in [6.07, 6.45) is 0.622. The number of carbonyl (C=O) groups excluding carboxylic acids is 2. The first-order chi connectivity index (χ1) is 15.6. The van der Waals surface area contributed by atoms with Crippen molar-refractivity contribution >= 4 is 33.2 Å². The number of sulfone groups is 1. The fourth-order valence-corrected chi connectivity index (χ4v) is 4.63. The summed E-state index contributed by atoms with van der Waals surface area (Å²) < 4.78 is 29.1. The van der Waals surface area contributed by atoms with Crippen molar-refractivity contribution in [3.8, 4) is 16.9 Å². The molecule has 0 spiro atoms. The molecule has 2 amide bonds. The van der Waals surface area contributed by atoms with Gasteiger partial charge >= 0.3 is 6.09 Å². The van der Waals surface area contributed by atoms with Crippen LogP contribution in [-0.2, 0) is 14.6 Å². The van der Waals surface area contributed by atoms with Gasteiger partial charge in [0, 0.05) is 19.7 Å². The van der Waals surface area contributed by atoms with Crippen molar-refractivity contribution in [2.45, 2.75) is 24.8 Å². The van der Waals surface area contributed by atoms with Gasteiger partial charge in [-0.05, 0) is 54.4 Å². The van der Waals surface area contributed by atoms with E-state index in [2.05, 4.69) is 0 Å². The van der Waals surface area contributed by atoms with Gasteiger partial charge in [0.15, 0.2) is 9.84 Å². The van der Waals surface area contributed by atoms with Crippen molar-refractivity contribution in [1.82, 2.24) is 0 Å². The number of amides is 2. The summed E-state index contributed by atoms with van der Waals surface area (Å²) in [4.78, 5) is 28.9. The van der Waals surface area contributed by atoms with Crippen LogP contribution in [-0.4, -0.2) is 39.3 Å². The summed E-state index contributed by atoms with van der Waals surface area (Å²) in [7, 11) is -3.30. The lowest BCUT2D eigenvalue weighted by Gasteiger charge is -2.40. The molecule has 4 rings (SSSR count). The van der Waals surface area contributed by atoms with Crippen molar-refractivity contribution in [1.29, 1.82) is 0 Å². The average Bonchev–Trinajstić information content (AvgIpc) is 2.78. The fraction of sp³-hybridized carbons (Fsp3) is 0.200. The molecule has 0 N–H and O–H groups in total. The summed E-state index contributed by atoms with van der Waals surface area (Å²) in [6, 6.07) is 20.6. The normalized spacial score (nSPS) is 15.7. The molecule has 0 aliphatic carbocycles. The van der Waals surface area contributed by atoms with E-state index in [1.165, 1.54) is 11.8 Å². The minimum Gasteiger partial charge on any atom is -0.410 e. The molecule has 170 valence electrons. The van der Waals surface area contributed by atoms with Crippen LogP contribution in [0.4, 0.5) is 16.2 Å². The maximum Gasteiger partial charge on any atom is 0.419 e. The zero-order valence-corrected chi connectivity index (χ0v) is 19.4. The number of para-hydroxylation sites is 1. The van der Waals surface area contributed by atoms with E-state index >= 15 is 0 Å². The van der Waals surface area contributed by atoms with Gasteiger partial charge in [0.05, 0.1) is 22.3 Å². The molecular formula is C25H24N2O5S. The van der Waals surface area contributed by atoms with Crippen LogP contribution in [0.1, 0.15) is 13.8 Å². The molecule has 1 aliphatic rings. The smallest absolute Gasteiger partial charge is 0.410 e. The maximum absolute atomic E-state index is 13.1.